The average molecular weight is 248 g/mol. The van der Waals surface area contributed by atoms with Gasteiger partial charge in [-0.05, 0) is 6.07 Å². The van der Waals surface area contributed by atoms with E-state index in [1.165, 1.54) is 0 Å². The Hall–Kier alpha value is -2.05. The predicted molar refractivity (Wildman–Crippen MR) is 49.8 cm³/mol. The smallest absolute Gasteiger partial charge is 0.387 e. The SMILES string of the molecule is O=Cc1ccc(CC(=O)O)c(F)c1OC(F)F. The van der Waals surface area contributed by atoms with Crippen molar-refractivity contribution in [2.24, 2.45) is 0 Å². The fraction of sp³-hybridized carbons (Fsp3) is 0.200. The highest BCUT2D eigenvalue weighted by atomic mass is 19.3. The van der Waals surface area contributed by atoms with E-state index in [1.54, 1.807) is 0 Å². The minimum absolute atomic E-state index is 0.144. The molecule has 0 aliphatic rings. The Morgan fingerprint density at radius 2 is 2.12 bits per heavy atom. The van der Waals surface area contributed by atoms with Gasteiger partial charge in [0.15, 0.2) is 17.9 Å². The number of ether oxygens (including phenoxy) is 1. The van der Waals surface area contributed by atoms with Crippen LogP contribution >= 0.6 is 0 Å². The number of hydrogen-bond acceptors (Lipinski definition) is 3. The molecule has 1 rings (SSSR count). The summed E-state index contributed by atoms with van der Waals surface area (Å²) in [6, 6.07) is 2.05. The maximum Gasteiger partial charge on any atom is 0.387 e. The summed E-state index contributed by atoms with van der Waals surface area (Å²) in [5.74, 6) is -3.53. The summed E-state index contributed by atoms with van der Waals surface area (Å²) in [4.78, 5) is 20.9. The van der Waals surface area contributed by atoms with Crippen LogP contribution in [0.25, 0.3) is 0 Å². The monoisotopic (exact) mass is 248 g/mol. The van der Waals surface area contributed by atoms with Gasteiger partial charge in [0.2, 0.25) is 0 Å². The van der Waals surface area contributed by atoms with Crippen molar-refractivity contribution in [3.8, 4) is 5.75 Å². The molecular formula is C10H7F3O4. The van der Waals surface area contributed by atoms with Gasteiger partial charge in [0.25, 0.3) is 0 Å². The number of carbonyl (C=O) groups excluding carboxylic acids is 1. The van der Waals surface area contributed by atoms with Crippen LogP contribution in [0.5, 0.6) is 5.75 Å². The van der Waals surface area contributed by atoms with Gasteiger partial charge in [-0.3, -0.25) is 9.59 Å². The van der Waals surface area contributed by atoms with Crippen LogP contribution in [0, 0.1) is 5.82 Å². The van der Waals surface area contributed by atoms with Crippen molar-refractivity contribution >= 4 is 12.3 Å². The number of hydrogen-bond donors (Lipinski definition) is 1. The average Bonchev–Trinajstić information content (AvgIpc) is 2.23. The van der Waals surface area contributed by atoms with Gasteiger partial charge in [-0.25, -0.2) is 4.39 Å². The fourth-order valence-electron chi connectivity index (χ4n) is 1.21. The molecule has 92 valence electrons. The second kappa shape index (κ2) is 5.33. The molecule has 7 heteroatoms. The zero-order valence-electron chi connectivity index (χ0n) is 8.32. The topological polar surface area (TPSA) is 63.6 Å². The van der Waals surface area contributed by atoms with E-state index in [-0.39, 0.29) is 11.8 Å². The lowest BCUT2D eigenvalue weighted by Crippen LogP contribution is -2.10. The molecule has 0 heterocycles. The maximum atomic E-state index is 13.6. The minimum Gasteiger partial charge on any atom is -0.481 e. The van der Waals surface area contributed by atoms with Crippen molar-refractivity contribution in [2.45, 2.75) is 13.0 Å². The van der Waals surface area contributed by atoms with Crippen molar-refractivity contribution in [3.05, 3.63) is 29.1 Å². The van der Waals surface area contributed by atoms with E-state index in [0.717, 1.165) is 12.1 Å². The number of alkyl halides is 2. The molecule has 0 saturated heterocycles. The van der Waals surface area contributed by atoms with Crippen LogP contribution in [0.15, 0.2) is 12.1 Å². The highest BCUT2D eigenvalue weighted by molar-refractivity contribution is 5.80. The molecule has 0 bridgehead atoms. The predicted octanol–water partition coefficient (Wildman–Crippen LogP) is 1.87. The minimum atomic E-state index is -3.30. The number of halogens is 3. The summed E-state index contributed by atoms with van der Waals surface area (Å²) in [5.41, 5.74) is -0.740. The van der Waals surface area contributed by atoms with Gasteiger partial charge in [0, 0.05) is 5.56 Å². The van der Waals surface area contributed by atoms with Gasteiger partial charge in [-0.2, -0.15) is 8.78 Å². The van der Waals surface area contributed by atoms with Crippen molar-refractivity contribution in [2.75, 3.05) is 0 Å². The third-order valence-corrected chi connectivity index (χ3v) is 1.88. The zero-order valence-corrected chi connectivity index (χ0v) is 8.32. The Morgan fingerprint density at radius 1 is 1.47 bits per heavy atom. The van der Waals surface area contributed by atoms with Crippen molar-refractivity contribution in [3.63, 3.8) is 0 Å². The molecule has 17 heavy (non-hydrogen) atoms. The Morgan fingerprint density at radius 3 is 2.59 bits per heavy atom. The van der Waals surface area contributed by atoms with Crippen molar-refractivity contribution in [1.82, 2.24) is 0 Å². The van der Waals surface area contributed by atoms with Gasteiger partial charge in [0.1, 0.15) is 0 Å². The molecular weight excluding hydrogens is 241 g/mol. The number of benzene rings is 1. The quantitative estimate of drug-likeness (QED) is 0.808. The molecule has 1 aromatic carbocycles. The van der Waals surface area contributed by atoms with Gasteiger partial charge in [-0.15, -0.1) is 0 Å². The second-order valence-electron chi connectivity index (χ2n) is 3.02. The van der Waals surface area contributed by atoms with E-state index >= 15 is 0 Å². The van der Waals surface area contributed by atoms with Crippen LogP contribution in [0.2, 0.25) is 0 Å². The van der Waals surface area contributed by atoms with Gasteiger partial charge in [-0.1, -0.05) is 6.07 Å². The van der Waals surface area contributed by atoms with E-state index in [0.29, 0.717) is 0 Å². The van der Waals surface area contributed by atoms with Crippen LogP contribution in [0.1, 0.15) is 15.9 Å². The number of carbonyl (C=O) groups is 2. The number of carboxylic acid groups (broad SMARTS) is 1. The van der Waals surface area contributed by atoms with Gasteiger partial charge >= 0.3 is 12.6 Å². The highest BCUT2D eigenvalue weighted by Crippen LogP contribution is 2.26. The normalized spacial score (nSPS) is 10.4. The molecule has 0 aromatic heterocycles. The zero-order chi connectivity index (χ0) is 13.0. The fourth-order valence-corrected chi connectivity index (χ4v) is 1.21. The first-order valence-corrected chi connectivity index (χ1v) is 4.39. The molecule has 0 spiro atoms. The third-order valence-electron chi connectivity index (χ3n) is 1.88. The van der Waals surface area contributed by atoms with Crippen LogP contribution in [0.3, 0.4) is 0 Å². The lowest BCUT2D eigenvalue weighted by molar-refractivity contribution is -0.136. The molecule has 0 saturated carbocycles. The Bertz CT molecular complexity index is 445. The second-order valence-corrected chi connectivity index (χ2v) is 3.02. The van der Waals surface area contributed by atoms with Crippen molar-refractivity contribution in [1.29, 1.82) is 0 Å². The summed E-state index contributed by atoms with van der Waals surface area (Å²) in [6.45, 7) is -3.30. The van der Waals surface area contributed by atoms with Crippen molar-refractivity contribution < 1.29 is 32.6 Å². The summed E-state index contributed by atoms with van der Waals surface area (Å²) >= 11 is 0. The molecule has 0 fully saturated rings. The molecule has 4 nitrogen and oxygen atoms in total. The van der Waals surface area contributed by atoms with E-state index in [1.807, 2.05) is 0 Å². The Kier molecular flexibility index (Phi) is 4.08. The van der Waals surface area contributed by atoms with E-state index in [2.05, 4.69) is 4.74 Å². The number of aldehydes is 1. The lowest BCUT2D eigenvalue weighted by atomic mass is 10.1. The highest BCUT2D eigenvalue weighted by Gasteiger charge is 2.19. The summed E-state index contributed by atoms with van der Waals surface area (Å²) in [5, 5.41) is 8.47. The molecule has 0 aliphatic heterocycles. The first-order chi connectivity index (χ1) is 7.95. The Labute approximate surface area is 93.6 Å². The third kappa shape index (κ3) is 3.20. The standard InChI is InChI=1S/C10H7F3O4/c11-8-5(3-7(15)16)1-2-6(4-14)9(8)17-10(12)13/h1-2,4,10H,3H2,(H,15,16). The Balaban J connectivity index is 3.21. The van der Waals surface area contributed by atoms with E-state index < -0.39 is 36.1 Å². The molecule has 0 amide bonds. The van der Waals surface area contributed by atoms with Gasteiger partial charge in [0.05, 0.1) is 12.0 Å². The van der Waals surface area contributed by atoms with Crippen LogP contribution in [0.4, 0.5) is 13.2 Å². The molecule has 0 atom stereocenters. The maximum absolute atomic E-state index is 13.6. The summed E-state index contributed by atoms with van der Waals surface area (Å²) in [7, 11) is 0. The van der Waals surface area contributed by atoms with Crippen LogP contribution in [-0.4, -0.2) is 24.0 Å². The van der Waals surface area contributed by atoms with Crippen LogP contribution in [-0.2, 0) is 11.2 Å². The van der Waals surface area contributed by atoms with Crippen LogP contribution < -0.4 is 4.74 Å². The molecule has 0 radical (unpaired) electrons. The number of aliphatic carboxylic acids is 1. The molecule has 0 unspecified atom stereocenters. The largest absolute Gasteiger partial charge is 0.481 e. The first kappa shape index (κ1) is 13.0. The molecule has 0 aliphatic carbocycles. The molecule has 1 aromatic rings. The van der Waals surface area contributed by atoms with E-state index in [9.17, 15) is 22.8 Å². The van der Waals surface area contributed by atoms with Gasteiger partial charge < -0.3 is 9.84 Å². The molecule has 1 N–H and O–H groups in total. The summed E-state index contributed by atoms with van der Waals surface area (Å²) < 4.78 is 41.4. The lowest BCUT2D eigenvalue weighted by Gasteiger charge is -2.10. The first-order valence-electron chi connectivity index (χ1n) is 4.39. The number of carboxylic acids is 1. The number of rotatable bonds is 5. The van der Waals surface area contributed by atoms with E-state index in [4.69, 9.17) is 5.11 Å². The summed E-state index contributed by atoms with van der Waals surface area (Å²) in [6.07, 6.45) is -0.546.